The molecule has 1 aliphatic heterocycles. The van der Waals surface area contributed by atoms with E-state index in [4.69, 9.17) is 5.73 Å². The lowest BCUT2D eigenvalue weighted by molar-refractivity contribution is -0.121. The van der Waals surface area contributed by atoms with Crippen LogP contribution in [-0.4, -0.2) is 32.1 Å². The minimum absolute atomic E-state index is 0.0164. The molecule has 0 saturated carbocycles. The highest BCUT2D eigenvalue weighted by molar-refractivity contribution is 5.76. The molecule has 1 atom stereocenters. The molecule has 5 heteroatoms. The molecular formula is C14H20FN3O. The molecule has 1 aromatic carbocycles. The summed E-state index contributed by atoms with van der Waals surface area (Å²) < 4.78 is 12.9. The Kier molecular flexibility index (Phi) is 4.74. The van der Waals surface area contributed by atoms with Gasteiger partial charge in [0.2, 0.25) is 5.91 Å². The number of halogens is 1. The summed E-state index contributed by atoms with van der Waals surface area (Å²) in [5.41, 5.74) is 6.36. The van der Waals surface area contributed by atoms with Gasteiger partial charge in [0, 0.05) is 38.3 Å². The Morgan fingerprint density at radius 3 is 2.84 bits per heavy atom. The molecular weight excluding hydrogens is 245 g/mol. The maximum atomic E-state index is 12.9. The summed E-state index contributed by atoms with van der Waals surface area (Å²) in [5.74, 6) is 0.253. The second kappa shape index (κ2) is 6.52. The lowest BCUT2D eigenvalue weighted by Crippen LogP contribution is -2.32. The molecule has 0 bridgehead atoms. The second-order valence-electron chi connectivity index (χ2n) is 4.92. The fraction of sp³-hybridized carbons (Fsp3) is 0.500. The van der Waals surface area contributed by atoms with Crippen LogP contribution < -0.4 is 16.0 Å². The molecule has 1 unspecified atom stereocenters. The van der Waals surface area contributed by atoms with Gasteiger partial charge in [-0.3, -0.25) is 4.79 Å². The molecule has 4 nitrogen and oxygen atoms in total. The van der Waals surface area contributed by atoms with E-state index in [-0.39, 0.29) is 11.7 Å². The molecule has 1 aromatic rings. The Bertz CT molecular complexity index is 421. The Labute approximate surface area is 112 Å². The summed E-state index contributed by atoms with van der Waals surface area (Å²) in [7, 11) is 0. The molecule has 1 saturated heterocycles. The maximum Gasteiger partial charge on any atom is 0.221 e. The number of carbonyl (C=O) groups is 1. The number of hydrogen-bond donors (Lipinski definition) is 2. The third-order valence-corrected chi connectivity index (χ3v) is 3.44. The topological polar surface area (TPSA) is 58.4 Å². The third-order valence-electron chi connectivity index (χ3n) is 3.44. The van der Waals surface area contributed by atoms with Crippen LogP contribution in [0.15, 0.2) is 24.3 Å². The smallest absolute Gasteiger partial charge is 0.221 e. The van der Waals surface area contributed by atoms with Gasteiger partial charge in [-0.25, -0.2) is 4.39 Å². The van der Waals surface area contributed by atoms with Crippen molar-refractivity contribution in [3.05, 3.63) is 30.1 Å². The van der Waals surface area contributed by atoms with Gasteiger partial charge < -0.3 is 16.0 Å². The lowest BCUT2D eigenvalue weighted by atomic mass is 10.1. The predicted molar refractivity (Wildman–Crippen MR) is 73.4 cm³/mol. The quantitative estimate of drug-likeness (QED) is 0.838. The summed E-state index contributed by atoms with van der Waals surface area (Å²) in [5, 5.41) is 2.90. The average molecular weight is 265 g/mol. The number of amides is 1. The molecule has 0 aromatic heterocycles. The van der Waals surface area contributed by atoms with Crippen LogP contribution in [-0.2, 0) is 4.79 Å². The number of nitrogens with two attached hydrogens (primary N) is 1. The van der Waals surface area contributed by atoms with E-state index >= 15 is 0 Å². The van der Waals surface area contributed by atoms with Gasteiger partial charge in [0.1, 0.15) is 5.82 Å². The molecule has 2 rings (SSSR count). The van der Waals surface area contributed by atoms with E-state index < -0.39 is 0 Å². The minimum Gasteiger partial charge on any atom is -0.371 e. The van der Waals surface area contributed by atoms with Crippen molar-refractivity contribution in [2.45, 2.75) is 12.8 Å². The molecule has 104 valence electrons. The molecule has 0 radical (unpaired) electrons. The summed E-state index contributed by atoms with van der Waals surface area (Å²) in [6.45, 7) is 2.92. The van der Waals surface area contributed by atoms with Crippen LogP contribution in [0.1, 0.15) is 12.8 Å². The molecule has 1 heterocycles. The van der Waals surface area contributed by atoms with Crippen molar-refractivity contribution in [3.8, 4) is 0 Å². The summed E-state index contributed by atoms with van der Waals surface area (Å²) in [6.07, 6.45) is 1.43. The van der Waals surface area contributed by atoms with Crippen LogP contribution in [0.5, 0.6) is 0 Å². The lowest BCUT2D eigenvalue weighted by Gasteiger charge is -2.18. The van der Waals surface area contributed by atoms with Crippen molar-refractivity contribution in [2.75, 3.05) is 31.1 Å². The van der Waals surface area contributed by atoms with Gasteiger partial charge in [-0.05, 0) is 36.6 Å². The van der Waals surface area contributed by atoms with Crippen LogP contribution in [0.3, 0.4) is 0 Å². The fourth-order valence-corrected chi connectivity index (χ4v) is 2.36. The van der Waals surface area contributed by atoms with Crippen LogP contribution in [0.4, 0.5) is 10.1 Å². The van der Waals surface area contributed by atoms with Crippen molar-refractivity contribution in [2.24, 2.45) is 11.7 Å². The first-order chi connectivity index (χ1) is 9.19. The maximum absolute atomic E-state index is 12.9. The highest BCUT2D eigenvalue weighted by Crippen LogP contribution is 2.23. The minimum atomic E-state index is -0.214. The van der Waals surface area contributed by atoms with Gasteiger partial charge in [-0.15, -0.1) is 0 Å². The Morgan fingerprint density at radius 1 is 1.42 bits per heavy atom. The van der Waals surface area contributed by atoms with Crippen molar-refractivity contribution in [3.63, 3.8) is 0 Å². The van der Waals surface area contributed by atoms with E-state index in [0.717, 1.165) is 25.2 Å². The first kappa shape index (κ1) is 13.8. The first-order valence-corrected chi connectivity index (χ1v) is 6.66. The number of hydrogen-bond acceptors (Lipinski definition) is 3. The van der Waals surface area contributed by atoms with Crippen LogP contribution in [0.25, 0.3) is 0 Å². The van der Waals surface area contributed by atoms with Gasteiger partial charge in [0.15, 0.2) is 0 Å². The van der Waals surface area contributed by atoms with Crippen LogP contribution >= 0.6 is 0 Å². The number of benzene rings is 1. The Morgan fingerprint density at radius 2 is 2.16 bits per heavy atom. The van der Waals surface area contributed by atoms with Gasteiger partial charge in [-0.2, -0.15) is 0 Å². The predicted octanol–water partition coefficient (Wildman–Crippen LogP) is 1.12. The Balaban J connectivity index is 1.80. The zero-order valence-corrected chi connectivity index (χ0v) is 10.9. The van der Waals surface area contributed by atoms with Gasteiger partial charge in [0.25, 0.3) is 0 Å². The van der Waals surface area contributed by atoms with Crippen molar-refractivity contribution in [1.82, 2.24) is 5.32 Å². The van der Waals surface area contributed by atoms with Crippen LogP contribution in [0, 0.1) is 11.7 Å². The number of nitrogens with one attached hydrogen (secondary N) is 1. The SMILES string of the molecule is NCCC(=O)NCC1CCN(c2ccc(F)cc2)C1. The molecule has 0 spiro atoms. The van der Waals surface area contributed by atoms with E-state index in [0.29, 0.717) is 25.4 Å². The standard InChI is InChI=1S/C14H20FN3O/c15-12-1-3-13(4-2-12)18-8-6-11(10-18)9-17-14(19)5-7-16/h1-4,11H,5-10,16H2,(H,17,19). The van der Waals surface area contributed by atoms with Gasteiger partial charge >= 0.3 is 0 Å². The molecule has 1 fully saturated rings. The zero-order chi connectivity index (χ0) is 13.7. The van der Waals surface area contributed by atoms with Crippen LogP contribution in [0.2, 0.25) is 0 Å². The zero-order valence-electron chi connectivity index (χ0n) is 10.9. The highest BCUT2D eigenvalue weighted by Gasteiger charge is 2.22. The normalized spacial score (nSPS) is 18.6. The molecule has 3 N–H and O–H groups in total. The molecule has 1 amide bonds. The number of carbonyl (C=O) groups excluding carboxylic acids is 1. The van der Waals surface area contributed by atoms with E-state index in [1.54, 1.807) is 12.1 Å². The molecule has 19 heavy (non-hydrogen) atoms. The third kappa shape index (κ3) is 3.92. The number of anilines is 1. The summed E-state index contributed by atoms with van der Waals surface area (Å²) in [6, 6.07) is 6.55. The number of rotatable bonds is 5. The Hall–Kier alpha value is -1.62. The van der Waals surface area contributed by atoms with E-state index in [2.05, 4.69) is 10.2 Å². The van der Waals surface area contributed by atoms with E-state index in [9.17, 15) is 9.18 Å². The largest absolute Gasteiger partial charge is 0.371 e. The summed E-state index contributed by atoms with van der Waals surface area (Å²) >= 11 is 0. The monoisotopic (exact) mass is 265 g/mol. The summed E-state index contributed by atoms with van der Waals surface area (Å²) in [4.78, 5) is 13.6. The molecule has 1 aliphatic rings. The van der Waals surface area contributed by atoms with E-state index in [1.165, 1.54) is 12.1 Å². The van der Waals surface area contributed by atoms with Crippen molar-refractivity contribution < 1.29 is 9.18 Å². The van der Waals surface area contributed by atoms with E-state index in [1.807, 2.05) is 0 Å². The average Bonchev–Trinajstić information content (AvgIpc) is 2.86. The first-order valence-electron chi connectivity index (χ1n) is 6.66. The van der Waals surface area contributed by atoms with Gasteiger partial charge in [-0.1, -0.05) is 0 Å². The molecule has 0 aliphatic carbocycles. The fourth-order valence-electron chi connectivity index (χ4n) is 2.36. The number of nitrogens with zero attached hydrogens (tertiary/aromatic N) is 1. The van der Waals surface area contributed by atoms with Crippen molar-refractivity contribution in [1.29, 1.82) is 0 Å². The second-order valence-corrected chi connectivity index (χ2v) is 4.92. The van der Waals surface area contributed by atoms with Crippen molar-refractivity contribution >= 4 is 11.6 Å². The highest BCUT2D eigenvalue weighted by atomic mass is 19.1. The van der Waals surface area contributed by atoms with Gasteiger partial charge in [0.05, 0.1) is 0 Å².